The lowest BCUT2D eigenvalue weighted by molar-refractivity contribution is 0.147. The van der Waals surface area contributed by atoms with Gasteiger partial charge in [-0.3, -0.25) is 4.90 Å². The summed E-state index contributed by atoms with van der Waals surface area (Å²) in [4.78, 5) is 2.24. The van der Waals surface area contributed by atoms with Gasteiger partial charge in [-0.2, -0.15) is 0 Å². The van der Waals surface area contributed by atoms with E-state index in [4.69, 9.17) is 0 Å². The highest BCUT2D eigenvalue weighted by Gasteiger charge is 2.22. The van der Waals surface area contributed by atoms with Crippen molar-refractivity contribution in [1.82, 2.24) is 10.2 Å². The van der Waals surface area contributed by atoms with Gasteiger partial charge in [0.15, 0.2) is 0 Å². The van der Waals surface area contributed by atoms with Crippen LogP contribution in [-0.4, -0.2) is 37.8 Å². The number of nitrogens with one attached hydrogen (secondary N) is 1. The average Bonchev–Trinajstić information content (AvgIpc) is 2.40. The third-order valence-corrected chi connectivity index (χ3v) is 3.90. The maximum absolute atomic E-state index is 13.4. The van der Waals surface area contributed by atoms with Crippen LogP contribution in [0.2, 0.25) is 0 Å². The Morgan fingerprint density at radius 3 is 2.05 bits per heavy atom. The van der Waals surface area contributed by atoms with E-state index in [-0.39, 0.29) is 42.9 Å². The first-order chi connectivity index (χ1) is 9.02. The summed E-state index contributed by atoms with van der Waals surface area (Å²) < 4.78 is 13.4. The lowest BCUT2D eigenvalue weighted by Crippen LogP contribution is -2.45. The summed E-state index contributed by atoms with van der Waals surface area (Å²) in [6, 6.07) is 8.37. The van der Waals surface area contributed by atoms with Gasteiger partial charge in [-0.05, 0) is 16.5 Å². The number of halogens is 3. The van der Waals surface area contributed by atoms with Gasteiger partial charge in [-0.1, -0.05) is 45.0 Å². The molecular formula is C16H27Cl2FN2. The number of hydrogen-bond acceptors (Lipinski definition) is 2. The lowest BCUT2D eigenvalue weighted by Gasteiger charge is -2.34. The Hall–Kier alpha value is -0.350. The molecule has 21 heavy (non-hydrogen) atoms. The number of alkyl halides is 1. The number of benzene rings is 1. The van der Waals surface area contributed by atoms with Crippen LogP contribution < -0.4 is 5.32 Å². The summed E-state index contributed by atoms with van der Waals surface area (Å²) in [6.07, 6.45) is 0. The summed E-state index contributed by atoms with van der Waals surface area (Å²) in [7, 11) is 0. The van der Waals surface area contributed by atoms with Gasteiger partial charge in [0.05, 0.1) is 6.04 Å². The summed E-state index contributed by atoms with van der Waals surface area (Å²) in [5.41, 5.74) is 2.55. The highest BCUT2D eigenvalue weighted by molar-refractivity contribution is 5.85. The summed E-state index contributed by atoms with van der Waals surface area (Å²) in [6.45, 7) is 10.0. The molecule has 1 aliphatic rings. The molecule has 122 valence electrons. The Labute approximate surface area is 140 Å². The number of nitrogens with zero attached hydrogens (tertiary/aromatic N) is 1. The number of hydrogen-bond donors (Lipinski definition) is 1. The van der Waals surface area contributed by atoms with Crippen molar-refractivity contribution in [3.05, 3.63) is 35.4 Å². The highest BCUT2D eigenvalue weighted by Crippen LogP contribution is 2.26. The molecule has 0 saturated carbocycles. The molecule has 0 aliphatic carbocycles. The Balaban J connectivity index is 0.00000200. The fourth-order valence-corrected chi connectivity index (χ4v) is 2.60. The predicted octanol–water partition coefficient (Wildman–Crippen LogP) is 3.74. The fraction of sp³-hybridized carbons (Fsp3) is 0.625. The molecule has 2 nitrogen and oxygen atoms in total. The molecule has 2 rings (SSSR count). The van der Waals surface area contributed by atoms with E-state index in [0.29, 0.717) is 0 Å². The molecule has 0 aromatic heterocycles. The maximum atomic E-state index is 13.4. The Morgan fingerprint density at radius 1 is 1.10 bits per heavy atom. The van der Waals surface area contributed by atoms with Crippen molar-refractivity contribution in [2.75, 3.05) is 32.9 Å². The molecule has 0 radical (unpaired) electrons. The van der Waals surface area contributed by atoms with E-state index >= 15 is 0 Å². The van der Waals surface area contributed by atoms with Gasteiger partial charge in [0.1, 0.15) is 6.67 Å². The van der Waals surface area contributed by atoms with Gasteiger partial charge < -0.3 is 5.32 Å². The van der Waals surface area contributed by atoms with Crippen LogP contribution in [0.3, 0.4) is 0 Å². The van der Waals surface area contributed by atoms with E-state index < -0.39 is 0 Å². The average molecular weight is 337 g/mol. The standard InChI is InChI=1S/C16H25FN2.2ClH/c1-16(2,3)14-6-4-13(5-7-14)15(12-17)19-10-8-18-9-11-19;;/h4-7,15,18H,8-12H2,1-3H3;2*1H/t15-;;/m0../s1. The van der Waals surface area contributed by atoms with Gasteiger partial charge in [-0.15, -0.1) is 24.8 Å². The molecule has 0 bridgehead atoms. The second-order valence-electron chi connectivity index (χ2n) is 6.33. The van der Waals surface area contributed by atoms with Crippen molar-refractivity contribution in [2.24, 2.45) is 0 Å². The molecule has 0 unspecified atom stereocenters. The van der Waals surface area contributed by atoms with Crippen molar-refractivity contribution >= 4 is 24.8 Å². The normalized spacial score (nSPS) is 17.5. The van der Waals surface area contributed by atoms with E-state index in [9.17, 15) is 4.39 Å². The third kappa shape index (κ3) is 5.41. The van der Waals surface area contributed by atoms with E-state index in [2.05, 4.69) is 55.3 Å². The van der Waals surface area contributed by atoms with E-state index in [1.807, 2.05) is 0 Å². The Bertz CT molecular complexity index is 398. The number of piperazine rings is 1. The van der Waals surface area contributed by atoms with Crippen LogP contribution in [-0.2, 0) is 5.41 Å². The quantitative estimate of drug-likeness (QED) is 0.904. The molecular weight excluding hydrogens is 310 g/mol. The summed E-state index contributed by atoms with van der Waals surface area (Å²) in [5.74, 6) is 0. The zero-order chi connectivity index (χ0) is 13.9. The van der Waals surface area contributed by atoms with E-state index in [1.54, 1.807) is 0 Å². The minimum absolute atomic E-state index is 0. The molecule has 1 N–H and O–H groups in total. The van der Waals surface area contributed by atoms with Crippen LogP contribution in [0.25, 0.3) is 0 Å². The molecule has 0 spiro atoms. The smallest absolute Gasteiger partial charge is 0.109 e. The fourth-order valence-electron chi connectivity index (χ4n) is 2.60. The Kier molecular flexibility index (Phi) is 8.79. The molecule has 1 fully saturated rings. The highest BCUT2D eigenvalue weighted by atomic mass is 35.5. The molecule has 1 aliphatic heterocycles. The maximum Gasteiger partial charge on any atom is 0.109 e. The molecule has 1 aromatic rings. The van der Waals surface area contributed by atoms with E-state index in [0.717, 1.165) is 31.7 Å². The minimum atomic E-state index is -0.311. The summed E-state index contributed by atoms with van der Waals surface area (Å²) >= 11 is 0. The van der Waals surface area contributed by atoms with Gasteiger partial charge in [-0.25, -0.2) is 4.39 Å². The zero-order valence-electron chi connectivity index (χ0n) is 13.1. The SMILES string of the molecule is CC(C)(C)c1ccc([C@H](CF)N2CCNCC2)cc1.Cl.Cl. The molecule has 0 amide bonds. The molecule has 1 heterocycles. The van der Waals surface area contributed by atoms with Crippen LogP contribution in [0, 0.1) is 0 Å². The van der Waals surface area contributed by atoms with Crippen LogP contribution in [0.4, 0.5) is 4.39 Å². The third-order valence-electron chi connectivity index (χ3n) is 3.90. The summed E-state index contributed by atoms with van der Waals surface area (Å²) in [5, 5.41) is 3.31. The van der Waals surface area contributed by atoms with Crippen molar-refractivity contribution < 1.29 is 4.39 Å². The molecule has 1 atom stereocenters. The van der Waals surface area contributed by atoms with Crippen molar-refractivity contribution in [3.63, 3.8) is 0 Å². The van der Waals surface area contributed by atoms with Crippen LogP contribution in [0.5, 0.6) is 0 Å². The Morgan fingerprint density at radius 2 is 1.62 bits per heavy atom. The molecule has 1 aromatic carbocycles. The van der Waals surface area contributed by atoms with Gasteiger partial charge in [0.25, 0.3) is 0 Å². The zero-order valence-corrected chi connectivity index (χ0v) is 14.7. The largest absolute Gasteiger partial charge is 0.314 e. The second kappa shape index (κ2) is 8.94. The first kappa shape index (κ1) is 20.6. The van der Waals surface area contributed by atoms with Crippen LogP contribution in [0.1, 0.15) is 37.9 Å². The van der Waals surface area contributed by atoms with Crippen LogP contribution in [0.15, 0.2) is 24.3 Å². The van der Waals surface area contributed by atoms with Gasteiger partial charge in [0.2, 0.25) is 0 Å². The van der Waals surface area contributed by atoms with E-state index in [1.165, 1.54) is 5.56 Å². The lowest BCUT2D eigenvalue weighted by atomic mass is 9.86. The van der Waals surface area contributed by atoms with Crippen molar-refractivity contribution in [2.45, 2.75) is 32.2 Å². The molecule has 5 heteroatoms. The first-order valence-electron chi connectivity index (χ1n) is 7.13. The second-order valence-corrected chi connectivity index (χ2v) is 6.33. The molecule has 1 saturated heterocycles. The topological polar surface area (TPSA) is 15.3 Å². The first-order valence-corrected chi connectivity index (χ1v) is 7.13. The van der Waals surface area contributed by atoms with Crippen molar-refractivity contribution in [1.29, 1.82) is 0 Å². The van der Waals surface area contributed by atoms with Crippen molar-refractivity contribution in [3.8, 4) is 0 Å². The monoisotopic (exact) mass is 336 g/mol. The van der Waals surface area contributed by atoms with Gasteiger partial charge in [0, 0.05) is 26.2 Å². The predicted molar refractivity (Wildman–Crippen MR) is 92.8 cm³/mol. The number of rotatable bonds is 3. The minimum Gasteiger partial charge on any atom is -0.314 e. The van der Waals surface area contributed by atoms with Crippen LogP contribution >= 0.6 is 24.8 Å². The van der Waals surface area contributed by atoms with Gasteiger partial charge >= 0.3 is 0 Å².